The smallest absolute Gasteiger partial charge is 0.335 e. The minimum Gasteiger partial charge on any atom is -0.478 e. The second kappa shape index (κ2) is 11.0. The summed E-state index contributed by atoms with van der Waals surface area (Å²) in [7, 11) is -4.17. The Bertz CT molecular complexity index is 1390. The molecule has 9 nitrogen and oxygen atoms in total. The molecule has 0 amide bonds. The number of nitrogens with two attached hydrogens (primary N) is 1. The number of nitrogens with one attached hydrogen (secondary N) is 1. The highest BCUT2D eigenvalue weighted by Gasteiger charge is 2.38. The number of aryl methyl sites for hydroxylation is 2. The van der Waals surface area contributed by atoms with Crippen LogP contribution < -0.4 is 15.2 Å². The number of aromatic carboxylic acids is 1. The van der Waals surface area contributed by atoms with E-state index in [0.29, 0.717) is 5.69 Å². The summed E-state index contributed by atoms with van der Waals surface area (Å²) < 4.78 is 34.4. The fourth-order valence-electron chi connectivity index (χ4n) is 4.17. The molecule has 1 aromatic heterocycles. The summed E-state index contributed by atoms with van der Waals surface area (Å²) in [5.41, 5.74) is 9.65. The van der Waals surface area contributed by atoms with Gasteiger partial charge in [-0.15, -0.1) is 12.4 Å². The first-order valence-corrected chi connectivity index (χ1v) is 13.1. The van der Waals surface area contributed by atoms with Crippen LogP contribution in [0, 0.1) is 19.3 Å². The molecule has 0 aliphatic heterocycles. The summed E-state index contributed by atoms with van der Waals surface area (Å²) in [6, 6.07) is 12.4. The summed E-state index contributed by atoms with van der Waals surface area (Å²) >= 11 is 0. The van der Waals surface area contributed by atoms with Gasteiger partial charge >= 0.3 is 5.97 Å². The molecule has 2 aromatic carbocycles. The maximum Gasteiger partial charge on any atom is 0.335 e. The van der Waals surface area contributed by atoms with E-state index in [1.165, 1.54) is 18.2 Å². The summed E-state index contributed by atoms with van der Waals surface area (Å²) in [6.45, 7) is 6.31. The number of halogens is 1. The second-order valence-corrected chi connectivity index (χ2v) is 11.4. The van der Waals surface area contributed by atoms with Gasteiger partial charge in [0.05, 0.1) is 16.2 Å². The third-order valence-corrected chi connectivity index (χ3v) is 7.69. The van der Waals surface area contributed by atoms with E-state index in [2.05, 4.69) is 21.6 Å². The molecule has 0 unspecified atom stereocenters. The lowest BCUT2D eigenvalue weighted by Crippen LogP contribution is -2.30. The molecule has 0 radical (unpaired) electrons. The molecule has 1 saturated carbocycles. The Morgan fingerprint density at radius 1 is 1.14 bits per heavy atom. The number of anilines is 1. The van der Waals surface area contributed by atoms with E-state index in [1.54, 1.807) is 6.07 Å². The number of benzene rings is 2. The number of carboxylic acids is 1. The summed E-state index contributed by atoms with van der Waals surface area (Å²) in [5.74, 6) is -1.22. The number of hydrogen-bond donors (Lipinski definition) is 3. The Kier molecular flexibility index (Phi) is 8.46. The highest BCUT2D eigenvalue weighted by atomic mass is 35.5. The molecule has 1 aliphatic rings. The number of carbonyl (C=O) groups is 1. The van der Waals surface area contributed by atoms with Crippen LogP contribution in [-0.4, -0.2) is 42.1 Å². The second-order valence-electron chi connectivity index (χ2n) is 9.71. The van der Waals surface area contributed by atoms with E-state index in [9.17, 15) is 18.3 Å². The fraction of sp³-hybridized carbons (Fsp3) is 0.346. The first kappa shape index (κ1) is 28.4. The molecule has 3 aromatic rings. The van der Waals surface area contributed by atoms with Crippen LogP contribution in [0.1, 0.15) is 47.7 Å². The number of ether oxygens (including phenoxy) is 1. The summed E-state index contributed by atoms with van der Waals surface area (Å²) in [5, 5.41) is 9.23. The number of hydrogen-bond acceptors (Lipinski definition) is 7. The van der Waals surface area contributed by atoms with Crippen molar-refractivity contribution < 1.29 is 23.1 Å². The minimum atomic E-state index is -4.17. The Balaban J connectivity index is 0.00000380. The lowest BCUT2D eigenvalue weighted by molar-refractivity contribution is 0.0696. The Morgan fingerprint density at radius 2 is 1.78 bits per heavy atom. The van der Waals surface area contributed by atoms with E-state index < -0.39 is 16.0 Å². The molecule has 4 N–H and O–H groups in total. The third-order valence-electron chi connectivity index (χ3n) is 6.36. The van der Waals surface area contributed by atoms with Crippen LogP contribution >= 0.6 is 12.4 Å². The van der Waals surface area contributed by atoms with Crippen molar-refractivity contribution in [3.63, 3.8) is 0 Å². The van der Waals surface area contributed by atoms with Gasteiger partial charge in [0.1, 0.15) is 6.61 Å². The molecular formula is C26H31ClN4O5S. The minimum absolute atomic E-state index is 0. The van der Waals surface area contributed by atoms with E-state index in [4.69, 9.17) is 10.5 Å². The van der Waals surface area contributed by atoms with Crippen molar-refractivity contribution in [3.05, 3.63) is 65.2 Å². The molecule has 198 valence electrons. The van der Waals surface area contributed by atoms with Crippen molar-refractivity contribution in [2.75, 3.05) is 11.3 Å². The van der Waals surface area contributed by atoms with E-state index in [0.717, 1.165) is 42.0 Å². The van der Waals surface area contributed by atoms with E-state index >= 15 is 0 Å². The molecule has 37 heavy (non-hydrogen) atoms. The standard InChI is InChI=1S/C26H30N4O5S.ClH/c1-16-6-4-7-17(2)23(16)21-13-22(35-15-19(27)14-26(3)10-11-26)29-25(28-21)30-36(33,34)20-9-5-8-18(12-20)24(31)32;/h4-9,12-13,19H,10-11,14-15,27H2,1-3H3,(H,31,32)(H,28,29,30);1H/t19-;/m1./s1. The quantitative estimate of drug-likeness (QED) is 0.335. The van der Waals surface area contributed by atoms with Gasteiger partial charge in [-0.2, -0.15) is 4.98 Å². The molecule has 1 atom stereocenters. The molecule has 0 saturated heterocycles. The third kappa shape index (κ3) is 6.97. The van der Waals surface area contributed by atoms with Gasteiger partial charge in [-0.3, -0.25) is 0 Å². The van der Waals surface area contributed by atoms with Crippen LogP contribution in [0.4, 0.5) is 5.95 Å². The molecule has 1 fully saturated rings. The summed E-state index contributed by atoms with van der Waals surface area (Å²) in [6.07, 6.45) is 3.14. The first-order valence-electron chi connectivity index (χ1n) is 11.7. The Hall–Kier alpha value is -3.21. The van der Waals surface area contributed by atoms with Crippen molar-refractivity contribution in [2.24, 2.45) is 11.1 Å². The highest BCUT2D eigenvalue weighted by Crippen LogP contribution is 2.48. The Morgan fingerprint density at radius 3 is 2.41 bits per heavy atom. The molecule has 4 rings (SSSR count). The van der Waals surface area contributed by atoms with Crippen molar-refractivity contribution in [1.29, 1.82) is 0 Å². The number of rotatable bonds is 10. The van der Waals surface area contributed by atoms with Gasteiger partial charge in [0, 0.05) is 17.7 Å². The molecule has 0 spiro atoms. The van der Waals surface area contributed by atoms with Gasteiger partial charge in [0.2, 0.25) is 11.8 Å². The first-order chi connectivity index (χ1) is 17.0. The van der Waals surface area contributed by atoms with Crippen molar-refractivity contribution in [2.45, 2.75) is 51.0 Å². The lowest BCUT2D eigenvalue weighted by atomic mass is 10.00. The lowest BCUT2D eigenvalue weighted by Gasteiger charge is -2.18. The monoisotopic (exact) mass is 546 g/mol. The zero-order chi connectivity index (χ0) is 26.1. The van der Waals surface area contributed by atoms with Gasteiger partial charge in [-0.25, -0.2) is 22.9 Å². The molecule has 1 aliphatic carbocycles. The molecular weight excluding hydrogens is 516 g/mol. The molecule has 1 heterocycles. The van der Waals surface area contributed by atoms with Crippen molar-refractivity contribution >= 4 is 34.3 Å². The van der Waals surface area contributed by atoms with Gasteiger partial charge in [-0.05, 0) is 67.9 Å². The zero-order valence-corrected chi connectivity index (χ0v) is 22.5. The molecule has 11 heteroatoms. The van der Waals surface area contributed by atoms with E-state index in [1.807, 2.05) is 32.0 Å². The average molecular weight is 547 g/mol. The van der Waals surface area contributed by atoms with Crippen LogP contribution in [-0.2, 0) is 10.0 Å². The van der Waals surface area contributed by atoms with E-state index in [-0.39, 0.29) is 52.8 Å². The number of aromatic nitrogens is 2. The topological polar surface area (TPSA) is 144 Å². The fourth-order valence-corrected chi connectivity index (χ4v) is 5.16. The van der Waals surface area contributed by atoms with Crippen LogP contribution in [0.25, 0.3) is 11.3 Å². The predicted molar refractivity (Wildman–Crippen MR) is 144 cm³/mol. The van der Waals surface area contributed by atoms with Crippen LogP contribution in [0.15, 0.2) is 53.4 Å². The SMILES string of the molecule is Cc1cccc(C)c1-c1cc(OC[C@H](N)CC2(C)CC2)nc(NS(=O)(=O)c2cccc(C(=O)O)c2)n1.Cl. The van der Waals surface area contributed by atoms with Gasteiger partial charge in [-0.1, -0.05) is 31.2 Å². The maximum atomic E-state index is 13.1. The Labute approximate surface area is 223 Å². The highest BCUT2D eigenvalue weighted by molar-refractivity contribution is 7.92. The number of nitrogens with zero attached hydrogens (tertiary/aromatic N) is 2. The number of carboxylic acid groups (broad SMARTS) is 1. The van der Waals surface area contributed by atoms with Gasteiger partial charge < -0.3 is 15.6 Å². The van der Waals surface area contributed by atoms with Crippen molar-refractivity contribution in [3.8, 4) is 17.1 Å². The van der Waals surface area contributed by atoms with Crippen LogP contribution in [0.5, 0.6) is 5.88 Å². The zero-order valence-electron chi connectivity index (χ0n) is 20.9. The largest absolute Gasteiger partial charge is 0.478 e. The van der Waals surface area contributed by atoms with Crippen LogP contribution in [0.2, 0.25) is 0 Å². The maximum absolute atomic E-state index is 13.1. The molecule has 0 bridgehead atoms. The van der Waals surface area contributed by atoms with Crippen LogP contribution in [0.3, 0.4) is 0 Å². The summed E-state index contributed by atoms with van der Waals surface area (Å²) in [4.78, 5) is 19.8. The normalized spacial score (nSPS) is 14.8. The van der Waals surface area contributed by atoms with Gasteiger partial charge in [0.25, 0.3) is 10.0 Å². The average Bonchev–Trinajstić information content (AvgIpc) is 3.53. The predicted octanol–water partition coefficient (Wildman–Crippen LogP) is 4.58. The van der Waals surface area contributed by atoms with Crippen molar-refractivity contribution in [1.82, 2.24) is 9.97 Å². The number of sulfonamides is 1. The van der Waals surface area contributed by atoms with Gasteiger partial charge in [0.15, 0.2) is 0 Å².